The molecule has 1 fully saturated rings. The number of amides is 2. The van der Waals surface area contributed by atoms with Gasteiger partial charge in [0.2, 0.25) is 0 Å². The molecular weight excluding hydrogens is 316 g/mol. The van der Waals surface area contributed by atoms with Crippen molar-refractivity contribution in [3.8, 4) is 11.5 Å². The molecule has 0 atom stereocenters. The molecule has 2 N–H and O–H groups in total. The Balaban J connectivity index is 2.21. The molecule has 5 heteroatoms. The minimum absolute atomic E-state index is 0.0486. The van der Waals surface area contributed by atoms with Gasteiger partial charge < -0.3 is 20.1 Å². The van der Waals surface area contributed by atoms with Crippen LogP contribution in [0.1, 0.15) is 58.4 Å². The molecule has 1 aliphatic carbocycles. The zero-order chi connectivity index (χ0) is 18.5. The zero-order valence-electron chi connectivity index (χ0n) is 16.2. The van der Waals surface area contributed by atoms with E-state index in [1.165, 1.54) is 24.8 Å². The van der Waals surface area contributed by atoms with Gasteiger partial charge in [-0.25, -0.2) is 4.79 Å². The Morgan fingerprint density at radius 2 is 1.72 bits per heavy atom. The second kappa shape index (κ2) is 7.98. The smallest absolute Gasteiger partial charge is 0.315 e. The number of carbonyl (C=O) groups is 1. The van der Waals surface area contributed by atoms with Crippen LogP contribution in [0.4, 0.5) is 4.79 Å². The van der Waals surface area contributed by atoms with Crippen molar-refractivity contribution in [1.29, 1.82) is 0 Å². The van der Waals surface area contributed by atoms with E-state index in [2.05, 4.69) is 22.8 Å². The fraction of sp³-hybridized carbons (Fsp3) is 0.650. The highest BCUT2D eigenvalue weighted by atomic mass is 16.5. The van der Waals surface area contributed by atoms with E-state index in [1.54, 1.807) is 14.2 Å². The van der Waals surface area contributed by atoms with Crippen molar-refractivity contribution in [3.63, 3.8) is 0 Å². The normalized spacial score (nSPS) is 16.8. The third-order valence-electron chi connectivity index (χ3n) is 4.88. The lowest BCUT2D eigenvalue weighted by molar-refractivity contribution is 0.221. The largest absolute Gasteiger partial charge is 0.493 e. The zero-order valence-corrected chi connectivity index (χ0v) is 16.2. The summed E-state index contributed by atoms with van der Waals surface area (Å²) in [6.45, 7) is 6.58. The summed E-state index contributed by atoms with van der Waals surface area (Å²) in [5, 5.41) is 6.07. The SMILES string of the molecule is COc1ccc(C2(CNC(=O)NC(C)(C)C)CCCCC2)cc1OC. The van der Waals surface area contributed by atoms with Gasteiger partial charge in [0.05, 0.1) is 14.2 Å². The molecule has 1 saturated carbocycles. The first kappa shape index (κ1) is 19.4. The molecule has 1 aromatic carbocycles. The van der Waals surface area contributed by atoms with E-state index >= 15 is 0 Å². The van der Waals surface area contributed by atoms with Crippen molar-refractivity contribution < 1.29 is 14.3 Å². The first-order valence-electron chi connectivity index (χ1n) is 9.08. The molecule has 25 heavy (non-hydrogen) atoms. The van der Waals surface area contributed by atoms with E-state index in [4.69, 9.17) is 9.47 Å². The molecule has 0 spiro atoms. The first-order valence-corrected chi connectivity index (χ1v) is 9.08. The maximum absolute atomic E-state index is 12.2. The lowest BCUT2D eigenvalue weighted by Crippen LogP contribution is -2.50. The molecule has 1 aromatic rings. The van der Waals surface area contributed by atoms with Gasteiger partial charge in [-0.1, -0.05) is 25.3 Å². The molecule has 0 radical (unpaired) electrons. The van der Waals surface area contributed by atoms with Crippen LogP contribution in [0, 0.1) is 0 Å². The van der Waals surface area contributed by atoms with Gasteiger partial charge >= 0.3 is 6.03 Å². The van der Waals surface area contributed by atoms with Crippen LogP contribution >= 0.6 is 0 Å². The van der Waals surface area contributed by atoms with Gasteiger partial charge in [-0.3, -0.25) is 0 Å². The van der Waals surface area contributed by atoms with Gasteiger partial charge in [-0.2, -0.15) is 0 Å². The summed E-state index contributed by atoms with van der Waals surface area (Å²) in [6, 6.07) is 6.02. The van der Waals surface area contributed by atoms with Gasteiger partial charge in [0.1, 0.15) is 0 Å². The van der Waals surface area contributed by atoms with Gasteiger partial charge in [-0.15, -0.1) is 0 Å². The van der Waals surface area contributed by atoms with Crippen molar-refractivity contribution in [2.45, 2.75) is 63.8 Å². The number of rotatable bonds is 5. The number of nitrogens with one attached hydrogen (secondary N) is 2. The number of hydrogen-bond acceptors (Lipinski definition) is 3. The predicted molar refractivity (Wildman–Crippen MR) is 101 cm³/mol. The lowest BCUT2D eigenvalue weighted by atomic mass is 9.69. The summed E-state index contributed by atoms with van der Waals surface area (Å²) < 4.78 is 10.8. The second-order valence-electron chi connectivity index (χ2n) is 7.97. The van der Waals surface area contributed by atoms with Crippen LogP contribution in [0.3, 0.4) is 0 Å². The highest BCUT2D eigenvalue weighted by Crippen LogP contribution is 2.42. The summed E-state index contributed by atoms with van der Waals surface area (Å²) in [6.07, 6.45) is 5.74. The molecular formula is C20H32N2O3. The van der Waals surface area contributed by atoms with E-state index in [9.17, 15) is 4.79 Å². The molecule has 0 unspecified atom stereocenters. The van der Waals surface area contributed by atoms with Crippen LogP contribution in [0.15, 0.2) is 18.2 Å². The van der Waals surface area contributed by atoms with E-state index in [0.717, 1.165) is 24.3 Å². The average Bonchev–Trinajstić information content (AvgIpc) is 2.58. The summed E-state index contributed by atoms with van der Waals surface area (Å²) in [5.41, 5.74) is 0.918. The number of ether oxygens (including phenoxy) is 2. The van der Waals surface area contributed by atoms with Gasteiger partial charge in [0, 0.05) is 17.5 Å². The highest BCUT2D eigenvalue weighted by molar-refractivity contribution is 5.74. The minimum atomic E-state index is -0.243. The van der Waals surface area contributed by atoms with E-state index in [-0.39, 0.29) is 17.0 Å². The highest BCUT2D eigenvalue weighted by Gasteiger charge is 2.35. The number of urea groups is 1. The fourth-order valence-corrected chi connectivity index (χ4v) is 3.60. The van der Waals surface area contributed by atoms with Crippen molar-refractivity contribution >= 4 is 6.03 Å². The monoisotopic (exact) mass is 348 g/mol. The number of benzene rings is 1. The average molecular weight is 348 g/mol. The number of hydrogen-bond donors (Lipinski definition) is 2. The van der Waals surface area contributed by atoms with Crippen LogP contribution in [-0.4, -0.2) is 32.3 Å². The molecule has 0 bridgehead atoms. The van der Waals surface area contributed by atoms with Crippen LogP contribution < -0.4 is 20.1 Å². The first-order chi connectivity index (χ1) is 11.8. The van der Waals surface area contributed by atoms with Crippen molar-refractivity contribution in [1.82, 2.24) is 10.6 Å². The fourth-order valence-electron chi connectivity index (χ4n) is 3.60. The lowest BCUT2D eigenvalue weighted by Gasteiger charge is -2.38. The Labute approximate surface area is 151 Å². The summed E-state index contributed by atoms with van der Waals surface area (Å²) in [4.78, 5) is 12.2. The van der Waals surface area contributed by atoms with Crippen molar-refractivity contribution in [3.05, 3.63) is 23.8 Å². The number of carbonyl (C=O) groups excluding carboxylic acids is 1. The molecule has 1 aliphatic rings. The van der Waals surface area contributed by atoms with Crippen LogP contribution in [0.25, 0.3) is 0 Å². The molecule has 140 valence electrons. The number of methoxy groups -OCH3 is 2. The molecule has 5 nitrogen and oxygen atoms in total. The molecule has 0 aromatic heterocycles. The third-order valence-corrected chi connectivity index (χ3v) is 4.88. The van der Waals surface area contributed by atoms with Gasteiger partial charge in [0.15, 0.2) is 11.5 Å². The maximum atomic E-state index is 12.2. The Kier molecular flexibility index (Phi) is 6.20. The Hall–Kier alpha value is -1.91. The standard InChI is InChI=1S/C20H32N2O3/c1-19(2,3)22-18(23)21-14-20(11-7-6-8-12-20)15-9-10-16(24-4)17(13-15)25-5/h9-10,13H,6-8,11-12,14H2,1-5H3,(H2,21,22,23). The van der Waals surface area contributed by atoms with Crippen molar-refractivity contribution in [2.24, 2.45) is 0 Å². The quantitative estimate of drug-likeness (QED) is 0.845. The summed E-state index contributed by atoms with van der Waals surface area (Å²) in [5.74, 6) is 1.47. The Morgan fingerprint density at radius 3 is 2.28 bits per heavy atom. The maximum Gasteiger partial charge on any atom is 0.315 e. The minimum Gasteiger partial charge on any atom is -0.493 e. The van der Waals surface area contributed by atoms with Crippen molar-refractivity contribution in [2.75, 3.05) is 20.8 Å². The van der Waals surface area contributed by atoms with Crippen LogP contribution in [0.5, 0.6) is 11.5 Å². The van der Waals surface area contributed by atoms with E-state index in [0.29, 0.717) is 6.54 Å². The van der Waals surface area contributed by atoms with Gasteiger partial charge in [-0.05, 0) is 51.3 Å². The Morgan fingerprint density at radius 1 is 1.08 bits per heavy atom. The topological polar surface area (TPSA) is 59.6 Å². The van der Waals surface area contributed by atoms with E-state index < -0.39 is 0 Å². The molecule has 0 aliphatic heterocycles. The molecule has 0 saturated heterocycles. The second-order valence-corrected chi connectivity index (χ2v) is 7.97. The van der Waals surface area contributed by atoms with Gasteiger partial charge in [0.25, 0.3) is 0 Å². The predicted octanol–water partition coefficient (Wildman–Crippen LogP) is 4.00. The van der Waals surface area contributed by atoms with Crippen LogP contribution in [0.2, 0.25) is 0 Å². The molecule has 2 amide bonds. The summed E-state index contributed by atoms with van der Waals surface area (Å²) in [7, 11) is 3.30. The van der Waals surface area contributed by atoms with Crippen LogP contribution in [-0.2, 0) is 5.41 Å². The molecule has 2 rings (SSSR count). The third kappa shape index (κ3) is 5.03. The summed E-state index contributed by atoms with van der Waals surface area (Å²) >= 11 is 0. The van der Waals surface area contributed by atoms with E-state index in [1.807, 2.05) is 26.8 Å². The molecule has 0 heterocycles. The Bertz CT molecular complexity index is 587.